The van der Waals surface area contributed by atoms with Crippen molar-refractivity contribution in [1.82, 2.24) is 5.32 Å². The summed E-state index contributed by atoms with van der Waals surface area (Å²) in [6.45, 7) is 8.14. The van der Waals surface area contributed by atoms with Crippen molar-refractivity contribution in [1.29, 1.82) is 0 Å². The van der Waals surface area contributed by atoms with Crippen LogP contribution < -0.4 is 5.32 Å². The highest BCUT2D eigenvalue weighted by molar-refractivity contribution is 5.86. The first-order valence-corrected chi connectivity index (χ1v) is 13.2. The lowest BCUT2D eigenvalue weighted by molar-refractivity contribution is -0.150. The number of ketones is 1. The summed E-state index contributed by atoms with van der Waals surface area (Å²) < 4.78 is 4.94. The lowest BCUT2D eigenvalue weighted by atomic mass is 9.50. The zero-order valence-corrected chi connectivity index (χ0v) is 22.6. The number of hydrogen-bond acceptors (Lipinski definition) is 6. The van der Waals surface area contributed by atoms with E-state index in [9.17, 15) is 15.0 Å². The van der Waals surface area contributed by atoms with Gasteiger partial charge < -0.3 is 25.4 Å². The maximum Gasteiger partial charge on any atom is 0.134 e. The molecule has 5 aliphatic carbocycles. The minimum atomic E-state index is -0.331. The van der Waals surface area contributed by atoms with Crippen molar-refractivity contribution in [3.63, 3.8) is 0 Å². The molecule has 2 saturated heterocycles. The molecule has 3 spiro atoms. The highest BCUT2D eigenvalue weighted by Gasteiger charge is 2.54. The van der Waals surface area contributed by atoms with Gasteiger partial charge in [-0.1, -0.05) is 12.8 Å². The normalized spacial score (nSPS) is 32.7. The lowest BCUT2D eigenvalue weighted by Gasteiger charge is -2.57. The molecule has 7 rings (SSSR count). The van der Waals surface area contributed by atoms with Crippen LogP contribution in [0.1, 0.15) is 104 Å². The van der Waals surface area contributed by atoms with E-state index >= 15 is 0 Å². The lowest BCUT2D eigenvalue weighted by Crippen LogP contribution is -2.65. The molecule has 5 saturated carbocycles. The summed E-state index contributed by atoms with van der Waals surface area (Å²) in [7, 11) is 1.00. The van der Waals surface area contributed by atoms with Crippen molar-refractivity contribution in [3.05, 3.63) is 0 Å². The van der Waals surface area contributed by atoms with Gasteiger partial charge in [0.25, 0.3) is 0 Å². The van der Waals surface area contributed by atoms with E-state index in [4.69, 9.17) is 9.84 Å². The van der Waals surface area contributed by atoms with Crippen molar-refractivity contribution in [3.8, 4) is 0 Å². The molecule has 6 nitrogen and oxygen atoms in total. The number of hydrogen-bond donors (Lipinski definition) is 4. The first kappa shape index (κ1) is 30.0. The molecule has 7 aliphatic rings. The van der Waals surface area contributed by atoms with E-state index in [1.165, 1.54) is 51.4 Å². The molecule has 0 radical (unpaired) electrons. The van der Waals surface area contributed by atoms with Crippen molar-refractivity contribution in [2.75, 3.05) is 33.4 Å². The molecule has 200 valence electrons. The van der Waals surface area contributed by atoms with Gasteiger partial charge in [-0.2, -0.15) is 0 Å². The Kier molecular flexibility index (Phi) is 10.5. The second-order valence-electron chi connectivity index (χ2n) is 12.7. The highest BCUT2D eigenvalue weighted by atomic mass is 35.5. The van der Waals surface area contributed by atoms with Gasteiger partial charge in [-0.25, -0.2) is 0 Å². The summed E-state index contributed by atoms with van der Waals surface area (Å²) in [5, 5.41) is 29.0. The van der Waals surface area contributed by atoms with E-state index < -0.39 is 0 Å². The van der Waals surface area contributed by atoms with Crippen molar-refractivity contribution < 1.29 is 24.9 Å². The largest absolute Gasteiger partial charge is 0.400 e. The van der Waals surface area contributed by atoms with Gasteiger partial charge in [-0.05, 0) is 88.9 Å². The fourth-order valence-corrected chi connectivity index (χ4v) is 7.21. The third-order valence-corrected chi connectivity index (χ3v) is 8.82. The minimum Gasteiger partial charge on any atom is -0.400 e. The van der Waals surface area contributed by atoms with Crippen molar-refractivity contribution >= 4 is 18.2 Å². The quantitative estimate of drug-likeness (QED) is 0.396. The van der Waals surface area contributed by atoms with Crippen LogP contribution in [0.3, 0.4) is 0 Å². The SMILES string of the molecule is C1CCOC1.CC1(O)CC2(CCC2)C1.CC1(O)CC2(CNC2)C1.CO.Cl.O=C1CC2(CCC2)C1. The molecule has 4 N–H and O–H groups in total. The number of carbonyl (C=O) groups excluding carboxylic acids is 1. The zero-order valence-electron chi connectivity index (χ0n) is 21.8. The van der Waals surface area contributed by atoms with E-state index in [0.29, 0.717) is 22.0 Å². The average molecular weight is 504 g/mol. The predicted molar refractivity (Wildman–Crippen MR) is 137 cm³/mol. The number of nitrogens with one attached hydrogen (secondary N) is 1. The van der Waals surface area contributed by atoms with Crippen LogP contribution in [0.15, 0.2) is 0 Å². The number of aliphatic hydroxyl groups is 3. The van der Waals surface area contributed by atoms with Crippen LogP contribution in [0.2, 0.25) is 0 Å². The Morgan fingerprint density at radius 2 is 1.12 bits per heavy atom. The Morgan fingerprint density at radius 1 is 0.706 bits per heavy atom. The van der Waals surface area contributed by atoms with Gasteiger partial charge in [0.15, 0.2) is 0 Å². The standard InChI is InChI=1S/C8H14O.C7H13NO.C7H10O.C4H8O.CH4O.ClH/c1-7(9)5-8(6-7)3-2-4-8;1-6(9)2-7(3-6)4-8-5-7;8-6-4-7(5-6)2-1-3-7;1-2-4-5-3-1;1-2;/h9H,2-6H2,1H3;8-9H,2-5H2,1H3;1-5H2;1-4H2;2H,1H3;1H. The Bertz CT molecular complexity index is 578. The van der Waals surface area contributed by atoms with E-state index in [1.54, 1.807) is 0 Å². The fraction of sp³-hybridized carbons (Fsp3) is 0.963. The fourth-order valence-electron chi connectivity index (χ4n) is 7.21. The van der Waals surface area contributed by atoms with Gasteiger partial charge in [-0.15, -0.1) is 12.4 Å². The van der Waals surface area contributed by atoms with Gasteiger partial charge >= 0.3 is 0 Å². The molecule has 2 aliphatic heterocycles. The molecule has 7 fully saturated rings. The average Bonchev–Trinajstić information content (AvgIpc) is 3.19. The Labute approximate surface area is 213 Å². The smallest absolute Gasteiger partial charge is 0.134 e. The summed E-state index contributed by atoms with van der Waals surface area (Å²) in [6, 6.07) is 0. The molecule has 0 aromatic rings. The number of Topliss-reactive ketones (excluding diaryl/α,β-unsaturated/α-hetero) is 1. The van der Waals surface area contributed by atoms with E-state index in [2.05, 4.69) is 5.32 Å². The Hall–Kier alpha value is -0.240. The van der Waals surface area contributed by atoms with Crippen molar-refractivity contribution in [2.24, 2.45) is 16.2 Å². The van der Waals surface area contributed by atoms with Crippen LogP contribution in [-0.2, 0) is 9.53 Å². The molecule has 0 aromatic heterocycles. The molecule has 2 heterocycles. The van der Waals surface area contributed by atoms with Crippen LogP contribution in [-0.4, -0.2) is 65.7 Å². The van der Waals surface area contributed by atoms with Crippen molar-refractivity contribution in [2.45, 2.75) is 115 Å². The first-order valence-electron chi connectivity index (χ1n) is 13.2. The maximum absolute atomic E-state index is 10.5. The molecule has 0 aromatic carbocycles. The molecular formula is C27H50ClNO5. The van der Waals surface area contributed by atoms with Gasteiger partial charge in [0.1, 0.15) is 5.78 Å². The topological polar surface area (TPSA) is 99.0 Å². The molecule has 0 unspecified atom stereocenters. The molecule has 0 amide bonds. The molecule has 0 atom stereocenters. The highest BCUT2D eigenvalue weighted by Crippen LogP contribution is 2.60. The Balaban J connectivity index is 0.000000157. The molecule has 0 bridgehead atoms. The summed E-state index contributed by atoms with van der Waals surface area (Å²) in [5.74, 6) is 0.490. The molecular weight excluding hydrogens is 454 g/mol. The maximum atomic E-state index is 10.5. The summed E-state index contributed by atoms with van der Waals surface area (Å²) in [4.78, 5) is 10.5. The second kappa shape index (κ2) is 11.9. The van der Waals surface area contributed by atoms with Crippen LogP contribution in [0.4, 0.5) is 0 Å². The summed E-state index contributed by atoms with van der Waals surface area (Å²) >= 11 is 0. The van der Waals surface area contributed by atoms with E-state index in [0.717, 1.165) is 71.9 Å². The summed E-state index contributed by atoms with van der Waals surface area (Å²) in [5.41, 5.74) is 1.09. The van der Waals surface area contributed by atoms with Crippen LogP contribution in [0.5, 0.6) is 0 Å². The summed E-state index contributed by atoms with van der Waals surface area (Å²) in [6.07, 6.45) is 16.7. The number of carbonyl (C=O) groups is 1. The number of rotatable bonds is 0. The number of aliphatic hydroxyl groups excluding tert-OH is 1. The predicted octanol–water partition coefficient (Wildman–Crippen LogP) is 4.17. The third-order valence-electron chi connectivity index (χ3n) is 8.82. The third kappa shape index (κ3) is 7.63. The van der Waals surface area contributed by atoms with Gasteiger partial charge in [0, 0.05) is 51.7 Å². The van der Waals surface area contributed by atoms with Crippen LogP contribution >= 0.6 is 12.4 Å². The first-order chi connectivity index (χ1) is 15.6. The van der Waals surface area contributed by atoms with Gasteiger partial charge in [0.2, 0.25) is 0 Å². The van der Waals surface area contributed by atoms with Gasteiger partial charge in [-0.3, -0.25) is 4.79 Å². The van der Waals surface area contributed by atoms with Crippen LogP contribution in [0.25, 0.3) is 0 Å². The zero-order chi connectivity index (χ0) is 24.2. The molecule has 7 heteroatoms. The van der Waals surface area contributed by atoms with E-state index in [1.807, 2.05) is 13.8 Å². The minimum absolute atomic E-state index is 0. The molecule has 34 heavy (non-hydrogen) atoms. The second-order valence-corrected chi connectivity index (χ2v) is 12.7. The monoisotopic (exact) mass is 503 g/mol. The van der Waals surface area contributed by atoms with Crippen LogP contribution in [0, 0.1) is 16.2 Å². The van der Waals surface area contributed by atoms with Gasteiger partial charge in [0.05, 0.1) is 11.2 Å². The van der Waals surface area contributed by atoms with E-state index in [-0.39, 0.29) is 23.6 Å². The number of ether oxygens (including phenoxy) is 1. The Morgan fingerprint density at radius 3 is 1.24 bits per heavy atom. The number of halogens is 1.